The van der Waals surface area contributed by atoms with Gasteiger partial charge in [-0.25, -0.2) is 9.18 Å². The summed E-state index contributed by atoms with van der Waals surface area (Å²) >= 11 is 9.53. The molecule has 6 fully saturated rings. The molecule has 0 radical (unpaired) electrons. The van der Waals surface area contributed by atoms with Gasteiger partial charge in [-0.05, 0) is 131 Å². The SMILES string of the molecule is CC(C)(C)OC(=O)N1CC2CCCC2C1.Cl.ClCCl.Fc1ccncc1.c1cc(N2CC3CCCC3C2)ccn1.c1cc(N2CC3CCCC3C2)ccn1. The zero-order chi connectivity index (χ0) is 37.6. The molecule has 3 aromatic heterocycles. The van der Waals surface area contributed by atoms with Crippen molar-refractivity contribution in [2.24, 2.45) is 35.5 Å². The molecule has 0 bridgehead atoms. The van der Waals surface area contributed by atoms with E-state index in [0.717, 1.165) is 48.6 Å². The lowest BCUT2D eigenvalue weighted by atomic mass is 10.0. The molecule has 6 aliphatic rings. The molecule has 12 heteroatoms. The third kappa shape index (κ3) is 13.4. The van der Waals surface area contributed by atoms with E-state index in [1.54, 1.807) is 0 Å². The second-order valence-electron chi connectivity index (χ2n) is 16.2. The summed E-state index contributed by atoms with van der Waals surface area (Å²) in [6.07, 6.45) is 22.9. The van der Waals surface area contributed by atoms with Crippen molar-refractivity contribution >= 4 is 53.1 Å². The molecule has 3 aliphatic carbocycles. The van der Waals surface area contributed by atoms with Crippen LogP contribution in [0.25, 0.3) is 0 Å². The number of carbonyl (C=O) groups is 1. The monoisotopic (exact) mass is 804 g/mol. The average Bonchev–Trinajstić information content (AvgIpc) is 3.98. The zero-order valence-corrected chi connectivity index (χ0v) is 34.6. The van der Waals surface area contributed by atoms with Crippen molar-refractivity contribution in [2.45, 2.75) is 84.2 Å². The molecule has 0 spiro atoms. The summed E-state index contributed by atoms with van der Waals surface area (Å²) in [6.45, 7) is 12.7. The highest BCUT2D eigenvalue weighted by atomic mass is 35.5. The number of rotatable bonds is 2. The van der Waals surface area contributed by atoms with E-state index in [1.165, 1.54) is 120 Å². The van der Waals surface area contributed by atoms with E-state index in [1.807, 2.05) is 50.5 Å². The van der Waals surface area contributed by atoms with Gasteiger partial charge < -0.3 is 19.4 Å². The van der Waals surface area contributed by atoms with Gasteiger partial charge >= 0.3 is 6.09 Å². The fourth-order valence-electron chi connectivity index (χ4n) is 9.05. The Bertz CT molecular complexity index is 1390. The number of likely N-dealkylation sites (tertiary alicyclic amines) is 1. The van der Waals surface area contributed by atoms with Crippen molar-refractivity contribution in [3.63, 3.8) is 0 Å². The van der Waals surface area contributed by atoms with Crippen LogP contribution in [-0.2, 0) is 4.74 Å². The summed E-state index contributed by atoms with van der Waals surface area (Å²) < 4.78 is 17.2. The largest absolute Gasteiger partial charge is 0.444 e. The molecular weight excluding hydrogens is 746 g/mol. The predicted molar refractivity (Wildman–Crippen MR) is 221 cm³/mol. The molecule has 3 aromatic rings. The second-order valence-corrected chi connectivity index (χ2v) is 17.0. The Kier molecular flexibility index (Phi) is 17.9. The summed E-state index contributed by atoms with van der Waals surface area (Å²) in [7, 11) is 0. The topological polar surface area (TPSA) is 74.7 Å². The van der Waals surface area contributed by atoms with Gasteiger partial charge in [0, 0.05) is 87.8 Å². The van der Waals surface area contributed by atoms with Crippen LogP contribution in [0.3, 0.4) is 0 Å². The lowest BCUT2D eigenvalue weighted by Gasteiger charge is -2.24. The zero-order valence-electron chi connectivity index (χ0n) is 32.2. The van der Waals surface area contributed by atoms with E-state index >= 15 is 0 Å². The number of amides is 1. The van der Waals surface area contributed by atoms with Gasteiger partial charge in [-0.15, -0.1) is 35.6 Å². The molecule has 0 aromatic carbocycles. The maximum Gasteiger partial charge on any atom is 0.410 e. The van der Waals surface area contributed by atoms with Crippen LogP contribution in [0, 0.1) is 41.3 Å². The number of anilines is 2. The van der Waals surface area contributed by atoms with Crippen LogP contribution in [0.2, 0.25) is 0 Å². The molecule has 6 atom stereocenters. The summed E-state index contributed by atoms with van der Waals surface area (Å²) in [5.74, 6) is 5.16. The second kappa shape index (κ2) is 22.0. The fourth-order valence-corrected chi connectivity index (χ4v) is 9.05. The smallest absolute Gasteiger partial charge is 0.410 e. The van der Waals surface area contributed by atoms with Gasteiger partial charge in [0.2, 0.25) is 0 Å². The summed E-state index contributed by atoms with van der Waals surface area (Å²) in [5.41, 5.74) is 2.35. The minimum Gasteiger partial charge on any atom is -0.444 e. The molecule has 3 saturated heterocycles. The first-order valence-electron chi connectivity index (χ1n) is 19.6. The van der Waals surface area contributed by atoms with E-state index < -0.39 is 0 Å². The van der Waals surface area contributed by atoms with Gasteiger partial charge in [0.05, 0.1) is 5.34 Å². The number of aromatic nitrogens is 3. The minimum absolute atomic E-state index is 0. The van der Waals surface area contributed by atoms with Crippen LogP contribution >= 0.6 is 35.6 Å². The van der Waals surface area contributed by atoms with Crippen LogP contribution in [0.5, 0.6) is 0 Å². The molecule has 0 N–H and O–H groups in total. The molecule has 9 rings (SSSR count). The first-order valence-corrected chi connectivity index (χ1v) is 20.7. The van der Waals surface area contributed by atoms with E-state index in [-0.39, 0.29) is 35.3 Å². The van der Waals surface area contributed by atoms with E-state index in [2.05, 4.69) is 49.0 Å². The number of ether oxygens (including phenoxy) is 1. The van der Waals surface area contributed by atoms with Crippen LogP contribution in [-0.4, -0.2) is 76.2 Å². The van der Waals surface area contributed by atoms with Gasteiger partial charge in [0.25, 0.3) is 0 Å². The van der Waals surface area contributed by atoms with E-state index in [9.17, 15) is 9.18 Å². The maximum absolute atomic E-state index is 11.9. The molecule has 6 unspecified atom stereocenters. The Morgan fingerprint density at radius 2 is 0.926 bits per heavy atom. The molecule has 3 saturated carbocycles. The molecule has 54 heavy (non-hydrogen) atoms. The summed E-state index contributed by atoms with van der Waals surface area (Å²) in [4.78, 5) is 30.5. The number of carbonyl (C=O) groups excluding carboxylic acids is 1. The lowest BCUT2D eigenvalue weighted by Crippen LogP contribution is -2.35. The van der Waals surface area contributed by atoms with Crippen molar-refractivity contribution < 1.29 is 13.9 Å². The normalized spacial score (nSPS) is 25.9. The fraction of sp³-hybridized carbons (Fsp3) is 0.619. The van der Waals surface area contributed by atoms with Gasteiger partial charge in [-0.1, -0.05) is 19.3 Å². The third-order valence-electron chi connectivity index (χ3n) is 11.5. The van der Waals surface area contributed by atoms with Crippen LogP contribution < -0.4 is 9.80 Å². The minimum atomic E-state index is -0.366. The van der Waals surface area contributed by atoms with Crippen molar-refractivity contribution in [2.75, 3.05) is 54.4 Å². The number of hydrogen-bond acceptors (Lipinski definition) is 7. The number of hydrogen-bond donors (Lipinski definition) is 0. The molecular formula is C42H60Cl3FN6O2. The highest BCUT2D eigenvalue weighted by Gasteiger charge is 2.40. The quantitative estimate of drug-likeness (QED) is 0.239. The van der Waals surface area contributed by atoms with Crippen molar-refractivity contribution in [1.82, 2.24) is 19.9 Å². The van der Waals surface area contributed by atoms with Crippen molar-refractivity contribution in [1.29, 1.82) is 0 Å². The predicted octanol–water partition coefficient (Wildman–Crippen LogP) is 10.4. The standard InChI is InChI=1S/2C12H16N2.C12H21NO2.C5H4FN.CH2Cl2.ClH/c2*1-2-10-8-14(9-11(10)3-1)12-4-6-13-7-5-12;1-12(2,3)15-11(14)13-7-9-5-4-6-10(9)8-13;6-5-1-3-7-4-2-5;2-1-3;/h2*4-7,10-11H,1-3,8-9H2;9-10H,4-8H2,1-3H3;1-4H;1H2;1H. The lowest BCUT2D eigenvalue weighted by molar-refractivity contribution is 0.0280. The van der Waals surface area contributed by atoms with Gasteiger partial charge in [-0.3, -0.25) is 15.0 Å². The molecule has 6 heterocycles. The number of halogens is 4. The molecule has 298 valence electrons. The molecule has 1 amide bonds. The third-order valence-corrected chi connectivity index (χ3v) is 11.5. The molecule has 3 aliphatic heterocycles. The van der Waals surface area contributed by atoms with Crippen molar-refractivity contribution in [3.05, 3.63) is 79.4 Å². The van der Waals surface area contributed by atoms with E-state index in [4.69, 9.17) is 27.9 Å². The first kappa shape index (κ1) is 43.8. The van der Waals surface area contributed by atoms with E-state index in [0.29, 0.717) is 0 Å². The van der Waals surface area contributed by atoms with Gasteiger partial charge in [-0.2, -0.15) is 0 Å². The molecule has 8 nitrogen and oxygen atoms in total. The Morgan fingerprint density at radius 3 is 1.20 bits per heavy atom. The van der Waals surface area contributed by atoms with Crippen LogP contribution in [0.1, 0.15) is 78.6 Å². The number of fused-ring (bicyclic) bond motifs is 3. The number of pyridine rings is 3. The van der Waals surface area contributed by atoms with Crippen LogP contribution in [0.4, 0.5) is 20.6 Å². The summed E-state index contributed by atoms with van der Waals surface area (Å²) in [5, 5.41) is 0.194. The Hall–Kier alpha value is -2.88. The Morgan fingerprint density at radius 1 is 0.630 bits per heavy atom. The first-order chi connectivity index (χ1) is 25.6. The Labute approximate surface area is 339 Å². The summed E-state index contributed by atoms with van der Waals surface area (Å²) in [6, 6.07) is 11.1. The number of alkyl halides is 2. The number of nitrogens with zero attached hydrogens (tertiary/aromatic N) is 6. The van der Waals surface area contributed by atoms with Crippen LogP contribution in [0.15, 0.2) is 73.6 Å². The average molecular weight is 806 g/mol. The highest BCUT2D eigenvalue weighted by Crippen LogP contribution is 2.41. The maximum atomic E-state index is 11.9. The Balaban J connectivity index is 0.000000159. The highest BCUT2D eigenvalue weighted by molar-refractivity contribution is 6.40. The van der Waals surface area contributed by atoms with Gasteiger partial charge in [0.1, 0.15) is 11.4 Å². The van der Waals surface area contributed by atoms with Gasteiger partial charge in [0.15, 0.2) is 0 Å². The van der Waals surface area contributed by atoms with Crippen molar-refractivity contribution in [3.8, 4) is 0 Å².